The van der Waals surface area contributed by atoms with Gasteiger partial charge in [0, 0.05) is 31.6 Å². The Morgan fingerprint density at radius 3 is 2.40 bits per heavy atom. The standard InChI is InChI=1S/C17H27N3/c1-13(2)12-20(11-7-10-18)17(15(4)19)16-9-6-5-8-14(16)3/h5-6,8-9,13,15,17H,7,11-12,19H2,1-4H3. The minimum atomic E-state index is 0.0357. The first-order chi connectivity index (χ1) is 9.47. The molecule has 0 bridgehead atoms. The Morgan fingerprint density at radius 2 is 1.90 bits per heavy atom. The van der Waals surface area contributed by atoms with Crippen LogP contribution >= 0.6 is 0 Å². The molecule has 1 aromatic rings. The van der Waals surface area contributed by atoms with Crippen LogP contribution in [-0.2, 0) is 0 Å². The Morgan fingerprint density at radius 1 is 1.25 bits per heavy atom. The highest BCUT2D eigenvalue weighted by molar-refractivity contribution is 5.30. The van der Waals surface area contributed by atoms with Crippen LogP contribution in [0.4, 0.5) is 0 Å². The van der Waals surface area contributed by atoms with Crippen LogP contribution in [0, 0.1) is 24.2 Å². The van der Waals surface area contributed by atoms with Crippen molar-refractivity contribution in [2.75, 3.05) is 13.1 Å². The summed E-state index contributed by atoms with van der Waals surface area (Å²) in [6.07, 6.45) is 0.543. The van der Waals surface area contributed by atoms with Crippen molar-refractivity contribution in [1.82, 2.24) is 4.90 Å². The molecule has 110 valence electrons. The van der Waals surface area contributed by atoms with E-state index in [1.54, 1.807) is 0 Å². The second-order valence-corrected chi connectivity index (χ2v) is 5.96. The molecule has 2 unspecified atom stereocenters. The fraction of sp³-hybridized carbons (Fsp3) is 0.588. The van der Waals surface area contributed by atoms with Crippen molar-refractivity contribution < 1.29 is 0 Å². The third kappa shape index (κ3) is 4.63. The Labute approximate surface area is 123 Å². The summed E-state index contributed by atoms with van der Waals surface area (Å²) in [5, 5.41) is 8.89. The molecule has 3 nitrogen and oxygen atoms in total. The maximum absolute atomic E-state index is 8.89. The van der Waals surface area contributed by atoms with E-state index in [1.807, 2.05) is 0 Å². The van der Waals surface area contributed by atoms with Gasteiger partial charge < -0.3 is 5.73 Å². The molecule has 2 atom stereocenters. The number of aryl methyl sites for hydroxylation is 1. The molecule has 0 saturated carbocycles. The fourth-order valence-corrected chi connectivity index (χ4v) is 2.74. The highest BCUT2D eigenvalue weighted by Gasteiger charge is 2.25. The Kier molecular flexibility index (Phi) is 6.70. The molecule has 0 saturated heterocycles. The number of hydrogen-bond donors (Lipinski definition) is 1. The van der Waals surface area contributed by atoms with Gasteiger partial charge in [0.25, 0.3) is 0 Å². The lowest BCUT2D eigenvalue weighted by atomic mass is 9.94. The van der Waals surface area contributed by atoms with Crippen LogP contribution in [0.25, 0.3) is 0 Å². The number of nitrogens with zero attached hydrogens (tertiary/aromatic N) is 2. The van der Waals surface area contributed by atoms with Gasteiger partial charge in [-0.05, 0) is 30.9 Å². The molecule has 0 aromatic heterocycles. The summed E-state index contributed by atoms with van der Waals surface area (Å²) < 4.78 is 0. The number of benzene rings is 1. The van der Waals surface area contributed by atoms with E-state index in [1.165, 1.54) is 11.1 Å². The lowest BCUT2D eigenvalue weighted by Crippen LogP contribution is -2.42. The van der Waals surface area contributed by atoms with E-state index in [-0.39, 0.29) is 12.1 Å². The summed E-state index contributed by atoms with van der Waals surface area (Å²) >= 11 is 0. The van der Waals surface area contributed by atoms with Gasteiger partial charge >= 0.3 is 0 Å². The molecule has 0 radical (unpaired) electrons. The average molecular weight is 273 g/mol. The van der Waals surface area contributed by atoms with Crippen LogP contribution < -0.4 is 5.73 Å². The van der Waals surface area contributed by atoms with Crippen LogP contribution in [-0.4, -0.2) is 24.0 Å². The smallest absolute Gasteiger partial charge is 0.0635 e. The third-order valence-electron chi connectivity index (χ3n) is 3.51. The van der Waals surface area contributed by atoms with E-state index in [0.717, 1.165) is 13.1 Å². The maximum Gasteiger partial charge on any atom is 0.0635 e. The predicted molar refractivity (Wildman–Crippen MR) is 84.2 cm³/mol. The van der Waals surface area contributed by atoms with Crippen molar-refractivity contribution in [3.63, 3.8) is 0 Å². The average Bonchev–Trinajstić information content (AvgIpc) is 2.37. The van der Waals surface area contributed by atoms with Gasteiger partial charge in [-0.3, -0.25) is 4.90 Å². The fourth-order valence-electron chi connectivity index (χ4n) is 2.74. The van der Waals surface area contributed by atoms with Crippen LogP contribution in [0.1, 0.15) is 44.4 Å². The van der Waals surface area contributed by atoms with Gasteiger partial charge in [-0.25, -0.2) is 0 Å². The van der Waals surface area contributed by atoms with E-state index in [2.05, 4.69) is 62.9 Å². The minimum Gasteiger partial charge on any atom is -0.326 e. The van der Waals surface area contributed by atoms with Crippen molar-refractivity contribution in [2.24, 2.45) is 11.7 Å². The van der Waals surface area contributed by atoms with E-state index in [0.29, 0.717) is 12.3 Å². The molecule has 0 spiro atoms. The normalized spacial score (nSPS) is 14.3. The van der Waals surface area contributed by atoms with Gasteiger partial charge in [-0.2, -0.15) is 5.26 Å². The highest BCUT2D eigenvalue weighted by Crippen LogP contribution is 2.27. The van der Waals surface area contributed by atoms with Crippen LogP contribution in [0.5, 0.6) is 0 Å². The largest absolute Gasteiger partial charge is 0.326 e. The van der Waals surface area contributed by atoms with Gasteiger partial charge in [-0.15, -0.1) is 0 Å². The molecule has 1 aromatic carbocycles. The SMILES string of the molecule is Cc1ccccc1C(C(C)N)N(CCC#N)CC(C)C. The van der Waals surface area contributed by atoms with E-state index < -0.39 is 0 Å². The quantitative estimate of drug-likeness (QED) is 0.829. The lowest BCUT2D eigenvalue weighted by molar-refractivity contribution is 0.160. The van der Waals surface area contributed by atoms with Crippen LogP contribution in [0.15, 0.2) is 24.3 Å². The number of rotatable bonds is 7. The van der Waals surface area contributed by atoms with Gasteiger partial charge in [0.1, 0.15) is 0 Å². The molecule has 3 heteroatoms. The summed E-state index contributed by atoms with van der Waals surface area (Å²) in [6.45, 7) is 10.3. The number of nitrogens with two attached hydrogens (primary N) is 1. The summed E-state index contributed by atoms with van der Waals surface area (Å²) in [7, 11) is 0. The second-order valence-electron chi connectivity index (χ2n) is 5.96. The molecular weight excluding hydrogens is 246 g/mol. The monoisotopic (exact) mass is 273 g/mol. The number of nitriles is 1. The molecule has 0 amide bonds. The van der Waals surface area contributed by atoms with E-state index in [4.69, 9.17) is 11.0 Å². The van der Waals surface area contributed by atoms with Crippen molar-refractivity contribution in [1.29, 1.82) is 5.26 Å². The summed E-state index contributed by atoms with van der Waals surface area (Å²) in [6, 6.07) is 10.9. The topological polar surface area (TPSA) is 53.0 Å². The molecule has 0 aliphatic heterocycles. The predicted octanol–water partition coefficient (Wildman–Crippen LogP) is 3.26. The zero-order valence-corrected chi connectivity index (χ0v) is 13.1. The van der Waals surface area contributed by atoms with Gasteiger partial charge in [0.15, 0.2) is 0 Å². The lowest BCUT2D eigenvalue weighted by Gasteiger charge is -2.36. The summed E-state index contributed by atoms with van der Waals surface area (Å²) in [5.41, 5.74) is 8.80. The molecule has 0 aliphatic rings. The minimum absolute atomic E-state index is 0.0357. The van der Waals surface area contributed by atoms with E-state index in [9.17, 15) is 0 Å². The third-order valence-corrected chi connectivity index (χ3v) is 3.51. The molecule has 2 N–H and O–H groups in total. The number of hydrogen-bond acceptors (Lipinski definition) is 3. The zero-order valence-electron chi connectivity index (χ0n) is 13.1. The molecular formula is C17H27N3. The summed E-state index contributed by atoms with van der Waals surface area (Å²) in [4.78, 5) is 2.36. The first kappa shape index (κ1) is 16.7. The zero-order chi connectivity index (χ0) is 15.1. The van der Waals surface area contributed by atoms with Crippen molar-refractivity contribution in [2.45, 2.75) is 46.2 Å². The van der Waals surface area contributed by atoms with Crippen molar-refractivity contribution in [3.05, 3.63) is 35.4 Å². The molecule has 0 heterocycles. The molecule has 20 heavy (non-hydrogen) atoms. The molecule has 0 fully saturated rings. The molecule has 0 aliphatic carbocycles. The second kappa shape index (κ2) is 8.04. The van der Waals surface area contributed by atoms with Gasteiger partial charge in [0.05, 0.1) is 6.07 Å². The first-order valence-corrected chi connectivity index (χ1v) is 7.39. The van der Waals surface area contributed by atoms with Crippen LogP contribution in [0.2, 0.25) is 0 Å². The Balaban J connectivity index is 3.07. The Bertz CT molecular complexity index is 446. The highest BCUT2D eigenvalue weighted by atomic mass is 15.2. The molecule has 1 rings (SSSR count). The van der Waals surface area contributed by atoms with Gasteiger partial charge in [0.2, 0.25) is 0 Å². The van der Waals surface area contributed by atoms with Crippen molar-refractivity contribution >= 4 is 0 Å². The Hall–Kier alpha value is -1.37. The van der Waals surface area contributed by atoms with Crippen LogP contribution in [0.3, 0.4) is 0 Å². The first-order valence-electron chi connectivity index (χ1n) is 7.39. The summed E-state index contributed by atoms with van der Waals surface area (Å²) in [5.74, 6) is 0.555. The van der Waals surface area contributed by atoms with Crippen molar-refractivity contribution in [3.8, 4) is 6.07 Å². The van der Waals surface area contributed by atoms with Gasteiger partial charge in [-0.1, -0.05) is 38.1 Å². The maximum atomic E-state index is 8.89. The van der Waals surface area contributed by atoms with E-state index >= 15 is 0 Å².